The molecule has 0 fully saturated rings. The predicted octanol–water partition coefficient (Wildman–Crippen LogP) is 5.07. The van der Waals surface area contributed by atoms with E-state index < -0.39 is 0 Å². The van der Waals surface area contributed by atoms with Crippen molar-refractivity contribution in [3.05, 3.63) is 64.6 Å². The van der Waals surface area contributed by atoms with Gasteiger partial charge in [-0.05, 0) is 24.3 Å². The maximum atomic E-state index is 5.51. The lowest BCUT2D eigenvalue weighted by molar-refractivity contribution is 0.244. The molecular weight excluding hydrogens is 366 g/mol. The van der Waals surface area contributed by atoms with Gasteiger partial charge in [0.05, 0.1) is 7.11 Å². The van der Waals surface area contributed by atoms with E-state index in [2.05, 4.69) is 54.9 Å². The molecule has 4 nitrogen and oxygen atoms in total. The fourth-order valence-corrected chi connectivity index (χ4v) is 4.63. The molecule has 3 heterocycles. The molecule has 0 N–H and O–H groups in total. The summed E-state index contributed by atoms with van der Waals surface area (Å²) in [5.41, 5.74) is 3.64. The van der Waals surface area contributed by atoms with E-state index >= 15 is 0 Å². The first-order valence-corrected chi connectivity index (χ1v) is 10.6. The highest BCUT2D eigenvalue weighted by atomic mass is 32.1. The Morgan fingerprint density at radius 2 is 1.96 bits per heavy atom. The summed E-state index contributed by atoms with van der Waals surface area (Å²) in [6.07, 6.45) is 3.02. The van der Waals surface area contributed by atoms with E-state index in [1.54, 1.807) is 7.11 Å². The fourth-order valence-electron chi connectivity index (χ4n) is 3.55. The minimum atomic E-state index is -0.00196. The molecule has 0 amide bonds. The first-order valence-electron chi connectivity index (χ1n) is 9.74. The van der Waals surface area contributed by atoms with Gasteiger partial charge >= 0.3 is 0 Å². The largest absolute Gasteiger partial charge is 0.496 e. The van der Waals surface area contributed by atoms with Crippen LogP contribution < -0.4 is 4.74 Å². The van der Waals surface area contributed by atoms with Gasteiger partial charge in [-0.25, -0.2) is 9.97 Å². The molecule has 4 rings (SSSR count). The van der Waals surface area contributed by atoms with Crippen molar-refractivity contribution in [2.45, 2.75) is 45.7 Å². The van der Waals surface area contributed by atoms with Crippen LogP contribution in [0.5, 0.6) is 5.75 Å². The summed E-state index contributed by atoms with van der Waals surface area (Å²) >= 11 is 1.84. The van der Waals surface area contributed by atoms with Gasteiger partial charge in [0, 0.05) is 64.2 Å². The molecule has 0 unspecified atom stereocenters. The standard InChI is InChI=1S/C23H27N3OS/c1-23(2,3)22-24-13-16-14-26(12-11-19(16)25-22)15-17-9-10-21(28-17)18-7-5-6-8-20(18)27-4/h5-10,13H,11-12,14-15H2,1-4H3. The zero-order valence-electron chi connectivity index (χ0n) is 17.0. The van der Waals surface area contributed by atoms with Gasteiger partial charge in [-0.3, -0.25) is 4.90 Å². The SMILES string of the molecule is COc1ccccc1-c1ccc(CN2CCc3nc(C(C)(C)C)ncc3C2)s1. The Kier molecular flexibility index (Phi) is 5.21. The molecule has 5 heteroatoms. The van der Waals surface area contributed by atoms with Crippen molar-refractivity contribution >= 4 is 11.3 Å². The fraction of sp³-hybridized carbons (Fsp3) is 0.391. The van der Waals surface area contributed by atoms with Crippen LogP contribution in [0.15, 0.2) is 42.6 Å². The second-order valence-electron chi connectivity index (χ2n) is 8.34. The van der Waals surface area contributed by atoms with Crippen LogP contribution in [0.1, 0.15) is 42.7 Å². The number of aromatic nitrogens is 2. The Morgan fingerprint density at radius 3 is 2.75 bits per heavy atom. The number of para-hydroxylation sites is 1. The van der Waals surface area contributed by atoms with Crippen LogP contribution >= 0.6 is 11.3 Å². The van der Waals surface area contributed by atoms with Gasteiger partial charge in [-0.15, -0.1) is 11.3 Å². The molecular formula is C23H27N3OS. The third kappa shape index (κ3) is 3.96. The molecule has 3 aromatic rings. The Bertz CT molecular complexity index is 974. The Balaban J connectivity index is 1.47. The van der Waals surface area contributed by atoms with E-state index in [0.717, 1.165) is 43.2 Å². The van der Waals surface area contributed by atoms with Crippen molar-refractivity contribution < 1.29 is 4.74 Å². The molecule has 1 aliphatic heterocycles. The number of fused-ring (bicyclic) bond motifs is 1. The van der Waals surface area contributed by atoms with Gasteiger partial charge in [-0.2, -0.15) is 0 Å². The minimum absolute atomic E-state index is 0.00196. The molecule has 1 aliphatic rings. The molecule has 0 aliphatic carbocycles. The van der Waals surface area contributed by atoms with Crippen LogP contribution in [0.3, 0.4) is 0 Å². The highest BCUT2D eigenvalue weighted by molar-refractivity contribution is 7.15. The van der Waals surface area contributed by atoms with Crippen molar-refractivity contribution in [1.29, 1.82) is 0 Å². The molecule has 0 bridgehead atoms. The van der Waals surface area contributed by atoms with Gasteiger partial charge in [0.15, 0.2) is 0 Å². The number of thiophene rings is 1. The predicted molar refractivity (Wildman–Crippen MR) is 115 cm³/mol. The Morgan fingerprint density at radius 1 is 1.14 bits per heavy atom. The first kappa shape index (κ1) is 19.1. The molecule has 0 spiro atoms. The number of ether oxygens (including phenoxy) is 1. The van der Waals surface area contributed by atoms with Crippen molar-refractivity contribution in [1.82, 2.24) is 14.9 Å². The van der Waals surface area contributed by atoms with Gasteiger partial charge in [0.25, 0.3) is 0 Å². The van der Waals surface area contributed by atoms with Crippen molar-refractivity contribution in [3.8, 4) is 16.2 Å². The summed E-state index contributed by atoms with van der Waals surface area (Å²) in [7, 11) is 1.73. The lowest BCUT2D eigenvalue weighted by atomic mass is 9.95. The smallest absolute Gasteiger partial charge is 0.133 e. The molecule has 1 aromatic carbocycles. The van der Waals surface area contributed by atoms with Crippen LogP contribution in [0.2, 0.25) is 0 Å². The number of rotatable bonds is 4. The summed E-state index contributed by atoms with van der Waals surface area (Å²) in [4.78, 5) is 14.6. The minimum Gasteiger partial charge on any atom is -0.496 e. The highest BCUT2D eigenvalue weighted by Crippen LogP contribution is 2.35. The summed E-state index contributed by atoms with van der Waals surface area (Å²) in [6.45, 7) is 9.41. The van der Waals surface area contributed by atoms with Crippen LogP contribution in [0, 0.1) is 0 Å². The monoisotopic (exact) mass is 393 g/mol. The molecule has 28 heavy (non-hydrogen) atoms. The first-order chi connectivity index (χ1) is 13.4. The van der Waals surface area contributed by atoms with Gasteiger partial charge in [0.2, 0.25) is 0 Å². The van der Waals surface area contributed by atoms with Gasteiger partial charge in [-0.1, -0.05) is 32.9 Å². The van der Waals surface area contributed by atoms with E-state index in [-0.39, 0.29) is 5.41 Å². The third-order valence-electron chi connectivity index (χ3n) is 5.10. The van der Waals surface area contributed by atoms with E-state index in [1.807, 2.05) is 29.7 Å². The summed E-state index contributed by atoms with van der Waals surface area (Å²) in [6, 6.07) is 12.6. The summed E-state index contributed by atoms with van der Waals surface area (Å²) in [5, 5.41) is 0. The Hall–Kier alpha value is -2.24. The molecule has 0 radical (unpaired) electrons. The average molecular weight is 394 g/mol. The zero-order valence-corrected chi connectivity index (χ0v) is 17.8. The molecule has 0 saturated carbocycles. The normalized spacial score (nSPS) is 14.7. The molecule has 2 aromatic heterocycles. The van der Waals surface area contributed by atoms with Crippen molar-refractivity contribution in [2.75, 3.05) is 13.7 Å². The zero-order chi connectivity index (χ0) is 19.7. The number of hydrogen-bond donors (Lipinski definition) is 0. The number of methoxy groups -OCH3 is 1. The van der Waals surface area contributed by atoms with E-state index in [9.17, 15) is 0 Å². The topological polar surface area (TPSA) is 38.2 Å². The van der Waals surface area contributed by atoms with Gasteiger partial charge < -0.3 is 4.74 Å². The second-order valence-corrected chi connectivity index (χ2v) is 9.51. The number of hydrogen-bond acceptors (Lipinski definition) is 5. The third-order valence-corrected chi connectivity index (χ3v) is 6.20. The van der Waals surface area contributed by atoms with Crippen LogP contribution in [-0.4, -0.2) is 28.5 Å². The molecule has 146 valence electrons. The van der Waals surface area contributed by atoms with E-state index in [4.69, 9.17) is 9.72 Å². The second kappa shape index (κ2) is 7.64. The maximum Gasteiger partial charge on any atom is 0.133 e. The number of benzene rings is 1. The van der Waals surface area contributed by atoms with Crippen LogP contribution in [0.25, 0.3) is 10.4 Å². The highest BCUT2D eigenvalue weighted by Gasteiger charge is 2.23. The number of nitrogens with zero attached hydrogens (tertiary/aromatic N) is 3. The van der Waals surface area contributed by atoms with Crippen molar-refractivity contribution in [3.63, 3.8) is 0 Å². The summed E-state index contributed by atoms with van der Waals surface area (Å²) < 4.78 is 5.51. The summed E-state index contributed by atoms with van der Waals surface area (Å²) in [5.74, 6) is 1.87. The van der Waals surface area contributed by atoms with Crippen LogP contribution in [0.4, 0.5) is 0 Å². The van der Waals surface area contributed by atoms with Gasteiger partial charge in [0.1, 0.15) is 11.6 Å². The van der Waals surface area contributed by atoms with E-state index in [1.165, 1.54) is 21.0 Å². The van der Waals surface area contributed by atoms with E-state index in [0.29, 0.717) is 0 Å². The molecule has 0 atom stereocenters. The maximum absolute atomic E-state index is 5.51. The average Bonchev–Trinajstić information content (AvgIpc) is 3.15. The quantitative estimate of drug-likeness (QED) is 0.620. The van der Waals surface area contributed by atoms with Crippen molar-refractivity contribution in [2.24, 2.45) is 0 Å². The van der Waals surface area contributed by atoms with Crippen LogP contribution in [-0.2, 0) is 24.9 Å². The Labute approximate surface area is 171 Å². The lowest BCUT2D eigenvalue weighted by Gasteiger charge is -2.28. The molecule has 0 saturated heterocycles. The lowest BCUT2D eigenvalue weighted by Crippen LogP contribution is -2.31.